The Balaban J connectivity index is 0.000000749. The Bertz CT molecular complexity index is 1480. The average molecular weight is 691 g/mol. The number of nitrogens with one attached hydrogen (secondary N) is 1. The highest BCUT2D eigenvalue weighted by Gasteiger charge is 2.37. The molecular formula is C40H62N6O4. The molecule has 3 aromatic rings. The molecule has 0 radical (unpaired) electrons. The Morgan fingerprint density at radius 2 is 1.68 bits per heavy atom. The number of piperazine rings is 1. The zero-order valence-electron chi connectivity index (χ0n) is 32.2. The lowest BCUT2D eigenvalue weighted by Gasteiger charge is -2.46. The predicted molar refractivity (Wildman–Crippen MR) is 205 cm³/mol. The molecular weight excluding hydrogens is 628 g/mol. The number of rotatable bonds is 13. The van der Waals surface area contributed by atoms with E-state index in [9.17, 15) is 19.2 Å². The van der Waals surface area contributed by atoms with E-state index in [0.29, 0.717) is 44.4 Å². The second-order valence-corrected chi connectivity index (χ2v) is 13.2. The summed E-state index contributed by atoms with van der Waals surface area (Å²) in [6, 6.07) is 16.1. The van der Waals surface area contributed by atoms with E-state index in [-0.39, 0.29) is 30.2 Å². The van der Waals surface area contributed by atoms with Crippen molar-refractivity contribution in [2.24, 2.45) is 12.5 Å². The van der Waals surface area contributed by atoms with Gasteiger partial charge in [0.2, 0.25) is 18.7 Å². The molecule has 276 valence electrons. The number of carbonyl (C=O) groups is 4. The van der Waals surface area contributed by atoms with Crippen LogP contribution in [0.1, 0.15) is 89.7 Å². The van der Waals surface area contributed by atoms with Crippen LogP contribution < -0.4 is 5.32 Å². The first-order valence-corrected chi connectivity index (χ1v) is 17.8. The number of hydrogen-bond acceptors (Lipinski definition) is 6. The van der Waals surface area contributed by atoms with E-state index in [1.54, 1.807) is 16.0 Å². The molecule has 10 heteroatoms. The Hall–Kier alpha value is -4.28. The Morgan fingerprint density at radius 3 is 2.20 bits per heavy atom. The number of likely N-dealkylation sites (N-methyl/N-ethyl adjacent to an activating group) is 1. The summed E-state index contributed by atoms with van der Waals surface area (Å²) in [5.74, 6) is -0.115. The van der Waals surface area contributed by atoms with Gasteiger partial charge in [-0.25, -0.2) is 5.01 Å². The molecule has 0 bridgehead atoms. The number of para-hydroxylation sites is 1. The van der Waals surface area contributed by atoms with Gasteiger partial charge in [-0.05, 0) is 23.6 Å². The molecule has 1 unspecified atom stereocenters. The smallest absolute Gasteiger partial charge is 0.242 e. The number of fused-ring (bicyclic) bond motifs is 1. The van der Waals surface area contributed by atoms with Gasteiger partial charge >= 0.3 is 0 Å². The van der Waals surface area contributed by atoms with E-state index in [1.165, 1.54) is 21.9 Å². The fraction of sp³-hybridized carbons (Fsp3) is 0.500. The van der Waals surface area contributed by atoms with E-state index < -0.39 is 6.17 Å². The maximum atomic E-state index is 13.0. The zero-order valence-corrected chi connectivity index (χ0v) is 32.2. The van der Waals surface area contributed by atoms with Crippen LogP contribution in [-0.4, -0.2) is 88.3 Å². The van der Waals surface area contributed by atoms with E-state index in [0.717, 1.165) is 23.0 Å². The molecule has 1 aromatic heterocycles. The van der Waals surface area contributed by atoms with E-state index >= 15 is 0 Å². The molecule has 1 aliphatic rings. The minimum Gasteiger partial charge on any atom is -0.350 e. The molecule has 10 nitrogen and oxygen atoms in total. The van der Waals surface area contributed by atoms with Crippen LogP contribution in [0.2, 0.25) is 0 Å². The third-order valence-corrected chi connectivity index (χ3v) is 7.68. The van der Waals surface area contributed by atoms with Crippen LogP contribution in [-0.2, 0) is 34.5 Å². The standard InChI is InChI=1S/C27H37N5O4.C8H11N.C3H8.C2H6/c1-7-12-31(8-2)32(19-34)24-16-29(25(36)17-30(24)18-33)14-20-10-9-11-21-22(15-28(6)26(20)21)23(35)13-27(3,4)5;1-9-7-8-5-3-2-4-6-8;1-3-2;1-2/h7,9-11,15,18-19,24H,1,8,12-14,16-17H2,2-6H3;2-6,9H,7H2,1H3;3H2,1-2H3;1-2H3. The van der Waals surface area contributed by atoms with Crippen molar-refractivity contribution in [1.82, 2.24) is 29.7 Å². The Labute approximate surface area is 301 Å². The number of carbonyl (C=O) groups excluding carboxylic acids is 4. The zero-order chi connectivity index (χ0) is 37.9. The van der Waals surface area contributed by atoms with Crippen molar-refractivity contribution in [2.45, 2.75) is 87.5 Å². The summed E-state index contributed by atoms with van der Waals surface area (Å²) < 4.78 is 1.94. The van der Waals surface area contributed by atoms with Crippen molar-refractivity contribution in [2.75, 3.05) is 33.2 Å². The number of hydrogen-bond donors (Lipinski definition) is 1. The maximum Gasteiger partial charge on any atom is 0.242 e. The molecule has 1 N–H and O–H groups in total. The molecule has 0 spiro atoms. The monoisotopic (exact) mass is 690 g/mol. The second kappa shape index (κ2) is 22.4. The number of benzene rings is 2. The average Bonchev–Trinajstić information content (AvgIpc) is 3.44. The molecule has 50 heavy (non-hydrogen) atoms. The van der Waals surface area contributed by atoms with Crippen molar-refractivity contribution >= 4 is 35.4 Å². The van der Waals surface area contributed by atoms with Crippen molar-refractivity contribution in [3.63, 3.8) is 0 Å². The topological polar surface area (TPSA) is 98.2 Å². The van der Waals surface area contributed by atoms with Crippen molar-refractivity contribution in [1.29, 1.82) is 0 Å². The van der Waals surface area contributed by atoms with Gasteiger partial charge in [-0.1, -0.05) is 116 Å². The fourth-order valence-corrected chi connectivity index (χ4v) is 5.61. The molecule has 1 saturated heterocycles. The maximum absolute atomic E-state index is 13.0. The summed E-state index contributed by atoms with van der Waals surface area (Å²) >= 11 is 0. The van der Waals surface area contributed by atoms with Crippen LogP contribution >= 0.6 is 0 Å². The summed E-state index contributed by atoms with van der Waals surface area (Å²) in [4.78, 5) is 52.9. The molecule has 4 rings (SSSR count). The molecule has 1 aliphatic heterocycles. The van der Waals surface area contributed by atoms with Crippen molar-refractivity contribution in [3.05, 3.63) is 84.1 Å². The molecule has 0 saturated carbocycles. The number of aromatic nitrogens is 1. The third kappa shape index (κ3) is 12.9. The predicted octanol–water partition coefficient (Wildman–Crippen LogP) is 6.65. The molecule has 1 fully saturated rings. The van der Waals surface area contributed by atoms with Gasteiger partial charge in [-0.15, -0.1) is 6.58 Å². The minimum absolute atomic E-state index is 0.0875. The van der Waals surface area contributed by atoms with Crippen molar-refractivity contribution in [3.8, 4) is 0 Å². The molecule has 1 atom stereocenters. The van der Waals surface area contributed by atoms with Crippen LogP contribution in [0.3, 0.4) is 0 Å². The fourth-order valence-electron chi connectivity index (χ4n) is 5.61. The lowest BCUT2D eigenvalue weighted by Crippen LogP contribution is -2.64. The summed E-state index contributed by atoms with van der Waals surface area (Å²) in [6.07, 6.45) is 5.90. The van der Waals surface area contributed by atoms with Crippen LogP contribution in [0.4, 0.5) is 0 Å². The van der Waals surface area contributed by atoms with Crippen LogP contribution in [0.25, 0.3) is 10.9 Å². The number of Topliss-reactive ketones (excluding diaryl/α,β-unsaturated/α-hetero) is 1. The van der Waals surface area contributed by atoms with Crippen LogP contribution in [0, 0.1) is 5.41 Å². The molecule has 2 aromatic carbocycles. The normalized spacial score (nSPS) is 14.1. The largest absolute Gasteiger partial charge is 0.350 e. The minimum atomic E-state index is -0.630. The SMILES string of the molecule is C=CCN(CC)N(C=O)C1CN(Cc2cccc3c(C(=O)CC(C)(C)C)cn(C)c23)C(=O)CN1C=O.CC.CCC.CNCc1ccccc1. The molecule has 3 amide bonds. The second-order valence-electron chi connectivity index (χ2n) is 13.2. The van der Waals surface area contributed by atoms with Gasteiger partial charge in [-0.2, -0.15) is 0 Å². The molecule has 2 heterocycles. The van der Waals surface area contributed by atoms with Gasteiger partial charge in [0.15, 0.2) is 5.78 Å². The quantitative estimate of drug-likeness (QED) is 0.0934. The Morgan fingerprint density at radius 1 is 1.04 bits per heavy atom. The van der Waals surface area contributed by atoms with Gasteiger partial charge in [0.05, 0.1) is 12.1 Å². The van der Waals surface area contributed by atoms with E-state index in [1.807, 2.05) is 103 Å². The number of aryl methyl sites for hydroxylation is 1. The summed E-state index contributed by atoms with van der Waals surface area (Å²) in [5, 5.41) is 7.18. The first-order chi connectivity index (χ1) is 23.9. The highest BCUT2D eigenvalue weighted by Crippen LogP contribution is 2.30. The van der Waals surface area contributed by atoms with Gasteiger partial charge in [0.1, 0.15) is 12.7 Å². The highest BCUT2D eigenvalue weighted by molar-refractivity contribution is 6.09. The lowest BCUT2D eigenvalue weighted by atomic mass is 9.88. The lowest BCUT2D eigenvalue weighted by molar-refractivity contribution is -0.169. The number of amides is 3. The van der Waals surface area contributed by atoms with E-state index in [2.05, 4.69) is 37.9 Å². The van der Waals surface area contributed by atoms with Gasteiger partial charge < -0.3 is 19.7 Å². The van der Waals surface area contributed by atoms with Crippen LogP contribution in [0.5, 0.6) is 0 Å². The van der Waals surface area contributed by atoms with Gasteiger partial charge in [0.25, 0.3) is 0 Å². The first-order valence-electron chi connectivity index (χ1n) is 17.8. The third-order valence-electron chi connectivity index (χ3n) is 7.68. The van der Waals surface area contributed by atoms with Crippen molar-refractivity contribution < 1.29 is 19.2 Å². The van der Waals surface area contributed by atoms with Crippen LogP contribution in [0.15, 0.2) is 67.4 Å². The summed E-state index contributed by atoms with van der Waals surface area (Å²) in [5.41, 5.74) is 3.67. The molecule has 0 aliphatic carbocycles. The van der Waals surface area contributed by atoms with E-state index in [4.69, 9.17) is 0 Å². The highest BCUT2D eigenvalue weighted by atomic mass is 16.2. The number of hydrazine groups is 1. The first kappa shape index (κ1) is 43.7. The van der Waals surface area contributed by atoms with Gasteiger partial charge in [-0.3, -0.25) is 24.2 Å². The number of nitrogens with zero attached hydrogens (tertiary/aromatic N) is 5. The summed E-state index contributed by atoms with van der Waals surface area (Å²) in [6.45, 7) is 22.3. The Kier molecular flexibility index (Phi) is 19.6. The van der Waals surface area contributed by atoms with Gasteiger partial charge in [0, 0.05) is 56.8 Å². The number of ketones is 1. The summed E-state index contributed by atoms with van der Waals surface area (Å²) in [7, 11) is 3.85.